The SMILES string of the molecule is CC(C)OCC(=O)N1CCN(CCCl)CC1. The van der Waals surface area contributed by atoms with E-state index in [1.165, 1.54) is 0 Å². The Morgan fingerprint density at radius 1 is 1.31 bits per heavy atom. The Morgan fingerprint density at radius 2 is 1.94 bits per heavy atom. The zero-order chi connectivity index (χ0) is 12.0. The van der Waals surface area contributed by atoms with Crippen LogP contribution in [0.1, 0.15) is 13.8 Å². The van der Waals surface area contributed by atoms with Gasteiger partial charge < -0.3 is 9.64 Å². The fourth-order valence-electron chi connectivity index (χ4n) is 1.67. The van der Waals surface area contributed by atoms with Gasteiger partial charge in [-0.05, 0) is 13.8 Å². The summed E-state index contributed by atoms with van der Waals surface area (Å²) >= 11 is 5.68. The molecular weight excluding hydrogens is 228 g/mol. The van der Waals surface area contributed by atoms with E-state index in [0.29, 0.717) is 5.88 Å². The molecule has 1 aliphatic rings. The average molecular weight is 249 g/mol. The third-order valence-corrected chi connectivity index (χ3v) is 2.83. The summed E-state index contributed by atoms with van der Waals surface area (Å²) in [6.07, 6.45) is 0.112. The number of halogens is 1. The van der Waals surface area contributed by atoms with Crippen molar-refractivity contribution in [3.05, 3.63) is 0 Å². The molecule has 0 N–H and O–H groups in total. The van der Waals surface area contributed by atoms with Crippen LogP contribution in [0.2, 0.25) is 0 Å². The normalized spacial score (nSPS) is 18.1. The van der Waals surface area contributed by atoms with E-state index >= 15 is 0 Å². The highest BCUT2D eigenvalue weighted by molar-refractivity contribution is 6.18. The molecule has 94 valence electrons. The maximum absolute atomic E-state index is 11.7. The Labute approximate surface area is 102 Å². The van der Waals surface area contributed by atoms with Gasteiger partial charge in [-0.2, -0.15) is 0 Å². The molecule has 0 unspecified atom stereocenters. The molecule has 0 radical (unpaired) electrons. The maximum Gasteiger partial charge on any atom is 0.248 e. The van der Waals surface area contributed by atoms with Gasteiger partial charge in [-0.15, -0.1) is 11.6 Å². The summed E-state index contributed by atoms with van der Waals surface area (Å²) in [5.74, 6) is 0.754. The van der Waals surface area contributed by atoms with E-state index in [0.717, 1.165) is 32.7 Å². The van der Waals surface area contributed by atoms with E-state index in [1.807, 2.05) is 18.7 Å². The van der Waals surface area contributed by atoms with Crippen LogP contribution in [-0.4, -0.2) is 67.0 Å². The number of carbonyl (C=O) groups is 1. The zero-order valence-electron chi connectivity index (χ0n) is 10.1. The molecule has 0 aromatic rings. The van der Waals surface area contributed by atoms with Gasteiger partial charge in [0.1, 0.15) is 6.61 Å². The molecule has 0 aromatic heterocycles. The number of hydrogen-bond donors (Lipinski definition) is 0. The highest BCUT2D eigenvalue weighted by Crippen LogP contribution is 2.03. The third kappa shape index (κ3) is 4.68. The second-order valence-electron chi connectivity index (χ2n) is 4.27. The quantitative estimate of drug-likeness (QED) is 0.675. The lowest BCUT2D eigenvalue weighted by atomic mass is 10.3. The highest BCUT2D eigenvalue weighted by Gasteiger charge is 2.20. The lowest BCUT2D eigenvalue weighted by Crippen LogP contribution is -2.50. The molecule has 0 bridgehead atoms. The first kappa shape index (κ1) is 13.7. The van der Waals surface area contributed by atoms with Crippen molar-refractivity contribution in [2.75, 3.05) is 45.2 Å². The predicted octanol–water partition coefficient (Wildman–Crippen LogP) is 0.794. The van der Waals surface area contributed by atoms with Crippen LogP contribution >= 0.6 is 11.6 Å². The number of rotatable bonds is 5. The second-order valence-corrected chi connectivity index (χ2v) is 4.65. The summed E-state index contributed by atoms with van der Waals surface area (Å²) in [4.78, 5) is 15.9. The molecule has 4 nitrogen and oxygen atoms in total. The molecule has 0 spiro atoms. The monoisotopic (exact) mass is 248 g/mol. The van der Waals surface area contributed by atoms with Crippen LogP contribution in [0.5, 0.6) is 0 Å². The van der Waals surface area contributed by atoms with Crippen molar-refractivity contribution in [1.29, 1.82) is 0 Å². The van der Waals surface area contributed by atoms with Crippen LogP contribution in [0.15, 0.2) is 0 Å². The summed E-state index contributed by atoms with van der Waals surface area (Å²) in [5, 5.41) is 0. The topological polar surface area (TPSA) is 32.8 Å². The Hall–Kier alpha value is -0.320. The first-order valence-corrected chi connectivity index (χ1v) is 6.34. The van der Waals surface area contributed by atoms with E-state index < -0.39 is 0 Å². The number of carbonyl (C=O) groups excluding carboxylic acids is 1. The Bertz CT molecular complexity index is 216. The second kappa shape index (κ2) is 7.09. The molecule has 5 heteroatoms. The minimum atomic E-state index is 0.0965. The smallest absolute Gasteiger partial charge is 0.248 e. The molecule has 0 atom stereocenters. The van der Waals surface area contributed by atoms with Crippen molar-refractivity contribution in [2.45, 2.75) is 20.0 Å². The Kier molecular flexibility index (Phi) is 6.09. The van der Waals surface area contributed by atoms with E-state index in [-0.39, 0.29) is 18.6 Å². The fourth-order valence-corrected chi connectivity index (χ4v) is 1.91. The van der Waals surface area contributed by atoms with Gasteiger partial charge in [-0.1, -0.05) is 0 Å². The fraction of sp³-hybridized carbons (Fsp3) is 0.909. The first-order valence-electron chi connectivity index (χ1n) is 5.81. The van der Waals surface area contributed by atoms with Crippen molar-refractivity contribution in [2.24, 2.45) is 0 Å². The molecule has 1 rings (SSSR count). The number of nitrogens with zero attached hydrogens (tertiary/aromatic N) is 2. The van der Waals surface area contributed by atoms with Crippen molar-refractivity contribution in [3.8, 4) is 0 Å². The van der Waals surface area contributed by atoms with E-state index in [1.54, 1.807) is 0 Å². The first-order chi connectivity index (χ1) is 7.63. The predicted molar refractivity (Wildman–Crippen MR) is 64.8 cm³/mol. The van der Waals surface area contributed by atoms with Crippen LogP contribution in [0.3, 0.4) is 0 Å². The van der Waals surface area contributed by atoms with Crippen LogP contribution < -0.4 is 0 Å². The number of hydrogen-bond acceptors (Lipinski definition) is 3. The van der Waals surface area contributed by atoms with Gasteiger partial charge in [-0.3, -0.25) is 9.69 Å². The zero-order valence-corrected chi connectivity index (χ0v) is 10.9. The van der Waals surface area contributed by atoms with Gasteiger partial charge in [0.15, 0.2) is 0 Å². The Morgan fingerprint density at radius 3 is 2.44 bits per heavy atom. The highest BCUT2D eigenvalue weighted by atomic mass is 35.5. The van der Waals surface area contributed by atoms with Crippen LogP contribution in [0, 0.1) is 0 Å². The summed E-state index contributed by atoms with van der Waals surface area (Å²) in [5.41, 5.74) is 0. The van der Waals surface area contributed by atoms with Gasteiger partial charge in [0, 0.05) is 38.6 Å². The molecule has 0 aromatic carbocycles. The molecule has 1 heterocycles. The molecular formula is C11H21ClN2O2. The number of ether oxygens (including phenoxy) is 1. The van der Waals surface area contributed by atoms with E-state index in [4.69, 9.17) is 16.3 Å². The summed E-state index contributed by atoms with van der Waals surface area (Å²) in [6.45, 7) is 8.39. The molecule has 0 aliphatic carbocycles. The van der Waals surface area contributed by atoms with Gasteiger partial charge in [-0.25, -0.2) is 0 Å². The number of amides is 1. The minimum Gasteiger partial charge on any atom is -0.369 e. The van der Waals surface area contributed by atoms with Gasteiger partial charge in [0.2, 0.25) is 5.91 Å². The summed E-state index contributed by atoms with van der Waals surface area (Å²) in [7, 11) is 0. The lowest BCUT2D eigenvalue weighted by molar-refractivity contribution is -0.139. The maximum atomic E-state index is 11.7. The summed E-state index contributed by atoms with van der Waals surface area (Å²) < 4.78 is 5.31. The molecule has 16 heavy (non-hydrogen) atoms. The van der Waals surface area contributed by atoms with Gasteiger partial charge in [0.05, 0.1) is 6.10 Å². The summed E-state index contributed by atoms with van der Waals surface area (Å²) in [6, 6.07) is 0. The van der Waals surface area contributed by atoms with E-state index in [9.17, 15) is 4.79 Å². The van der Waals surface area contributed by atoms with Gasteiger partial charge >= 0.3 is 0 Å². The van der Waals surface area contributed by atoms with Crippen LogP contribution in [0.25, 0.3) is 0 Å². The molecule has 1 fully saturated rings. The third-order valence-electron chi connectivity index (χ3n) is 2.67. The molecule has 1 aliphatic heterocycles. The molecule has 1 saturated heterocycles. The van der Waals surface area contributed by atoms with Crippen molar-refractivity contribution in [1.82, 2.24) is 9.80 Å². The van der Waals surface area contributed by atoms with Crippen LogP contribution in [-0.2, 0) is 9.53 Å². The number of alkyl halides is 1. The van der Waals surface area contributed by atoms with Crippen molar-refractivity contribution >= 4 is 17.5 Å². The van der Waals surface area contributed by atoms with Crippen LogP contribution in [0.4, 0.5) is 0 Å². The molecule has 1 amide bonds. The molecule has 0 saturated carbocycles. The van der Waals surface area contributed by atoms with Crippen molar-refractivity contribution in [3.63, 3.8) is 0 Å². The standard InChI is InChI=1S/C11H21ClN2O2/c1-10(2)16-9-11(15)14-7-5-13(4-3-12)6-8-14/h10H,3-9H2,1-2H3. The Balaban J connectivity index is 2.22. The average Bonchev–Trinajstić information content (AvgIpc) is 2.27. The minimum absolute atomic E-state index is 0.0965. The number of piperazine rings is 1. The van der Waals surface area contributed by atoms with E-state index in [2.05, 4.69) is 4.90 Å². The largest absolute Gasteiger partial charge is 0.369 e. The van der Waals surface area contributed by atoms with Gasteiger partial charge in [0.25, 0.3) is 0 Å². The lowest BCUT2D eigenvalue weighted by Gasteiger charge is -2.34. The van der Waals surface area contributed by atoms with Crippen molar-refractivity contribution < 1.29 is 9.53 Å².